The van der Waals surface area contributed by atoms with Gasteiger partial charge in [-0.05, 0) is 24.7 Å². The van der Waals surface area contributed by atoms with E-state index in [0.717, 1.165) is 6.42 Å². The van der Waals surface area contributed by atoms with Gasteiger partial charge in [0.15, 0.2) is 0 Å². The third-order valence-electron chi connectivity index (χ3n) is 4.34. The number of anilines is 2. The summed E-state index contributed by atoms with van der Waals surface area (Å²) in [4.78, 5) is 0. The van der Waals surface area contributed by atoms with Gasteiger partial charge in [-0.1, -0.05) is 26.7 Å². The third-order valence-corrected chi connectivity index (χ3v) is 4.34. The van der Waals surface area contributed by atoms with Crippen molar-refractivity contribution in [3.05, 3.63) is 17.9 Å². The van der Waals surface area contributed by atoms with Crippen molar-refractivity contribution in [2.45, 2.75) is 45.6 Å². The SMILES string of the molecule is COc1cc(NC2CCCCC2C(C)C)c(F)cc1N. The molecule has 1 aliphatic rings. The van der Waals surface area contributed by atoms with Crippen molar-refractivity contribution >= 4 is 11.4 Å². The summed E-state index contributed by atoms with van der Waals surface area (Å²) in [5, 5.41) is 3.37. The van der Waals surface area contributed by atoms with Gasteiger partial charge in [0.2, 0.25) is 0 Å². The van der Waals surface area contributed by atoms with E-state index in [2.05, 4.69) is 19.2 Å². The van der Waals surface area contributed by atoms with Crippen LogP contribution >= 0.6 is 0 Å². The summed E-state index contributed by atoms with van der Waals surface area (Å²) >= 11 is 0. The zero-order valence-electron chi connectivity index (χ0n) is 12.6. The molecule has 1 aromatic carbocycles. The molecule has 2 unspecified atom stereocenters. The molecule has 3 nitrogen and oxygen atoms in total. The molecule has 0 spiro atoms. The van der Waals surface area contributed by atoms with E-state index in [1.165, 1.54) is 25.3 Å². The number of methoxy groups -OCH3 is 1. The third kappa shape index (κ3) is 3.17. The molecule has 112 valence electrons. The van der Waals surface area contributed by atoms with Crippen LogP contribution in [0.1, 0.15) is 39.5 Å². The molecule has 2 rings (SSSR count). The molecule has 0 heterocycles. The Morgan fingerprint density at radius 3 is 2.65 bits per heavy atom. The molecule has 1 saturated carbocycles. The van der Waals surface area contributed by atoms with Crippen molar-refractivity contribution in [1.82, 2.24) is 0 Å². The van der Waals surface area contributed by atoms with E-state index < -0.39 is 0 Å². The number of nitrogens with two attached hydrogens (primary N) is 1. The van der Waals surface area contributed by atoms with Gasteiger partial charge in [-0.2, -0.15) is 0 Å². The van der Waals surface area contributed by atoms with E-state index in [1.54, 1.807) is 13.2 Å². The van der Waals surface area contributed by atoms with Crippen molar-refractivity contribution < 1.29 is 9.13 Å². The minimum Gasteiger partial charge on any atom is -0.495 e. The van der Waals surface area contributed by atoms with Crippen molar-refractivity contribution in [2.75, 3.05) is 18.2 Å². The lowest BCUT2D eigenvalue weighted by atomic mass is 9.78. The van der Waals surface area contributed by atoms with Gasteiger partial charge >= 0.3 is 0 Å². The number of rotatable bonds is 4. The van der Waals surface area contributed by atoms with Crippen molar-refractivity contribution in [3.8, 4) is 5.75 Å². The van der Waals surface area contributed by atoms with Crippen molar-refractivity contribution in [3.63, 3.8) is 0 Å². The Bertz CT molecular complexity index is 462. The summed E-state index contributed by atoms with van der Waals surface area (Å²) in [6.45, 7) is 4.48. The number of benzene rings is 1. The number of hydrogen-bond donors (Lipinski definition) is 2. The van der Waals surface area contributed by atoms with Crippen LogP contribution in [0, 0.1) is 17.7 Å². The lowest BCUT2D eigenvalue weighted by molar-refractivity contribution is 0.253. The smallest absolute Gasteiger partial charge is 0.148 e. The Hall–Kier alpha value is -1.45. The number of ether oxygens (including phenoxy) is 1. The van der Waals surface area contributed by atoms with Crippen LogP contribution in [0.3, 0.4) is 0 Å². The molecule has 1 fully saturated rings. The Morgan fingerprint density at radius 1 is 1.30 bits per heavy atom. The van der Waals surface area contributed by atoms with E-state index in [9.17, 15) is 4.39 Å². The molecule has 0 amide bonds. The highest BCUT2D eigenvalue weighted by Crippen LogP contribution is 2.35. The maximum atomic E-state index is 14.1. The lowest BCUT2D eigenvalue weighted by Gasteiger charge is -2.35. The van der Waals surface area contributed by atoms with Gasteiger partial charge in [0.1, 0.15) is 11.6 Å². The van der Waals surface area contributed by atoms with Crippen molar-refractivity contribution in [2.24, 2.45) is 11.8 Å². The molecule has 4 heteroatoms. The molecule has 2 atom stereocenters. The minimum absolute atomic E-state index is 0.309. The molecule has 0 aliphatic heterocycles. The van der Waals surface area contributed by atoms with E-state index in [-0.39, 0.29) is 5.82 Å². The second-order valence-electron chi connectivity index (χ2n) is 6.02. The predicted octanol–water partition coefficient (Wildman–Crippen LogP) is 4.04. The molecular weight excluding hydrogens is 255 g/mol. The molecule has 0 aromatic heterocycles. The molecule has 20 heavy (non-hydrogen) atoms. The monoisotopic (exact) mass is 280 g/mol. The Kier molecular flexibility index (Phi) is 4.73. The average Bonchev–Trinajstić information content (AvgIpc) is 2.42. The van der Waals surface area contributed by atoms with E-state index in [1.807, 2.05) is 0 Å². The fourth-order valence-electron chi connectivity index (χ4n) is 3.19. The second-order valence-corrected chi connectivity index (χ2v) is 6.02. The standard InChI is InChI=1S/C16H25FN2O/c1-10(2)11-6-4-5-7-14(11)19-15-9-16(20-3)13(18)8-12(15)17/h8-11,14,19H,4-7,18H2,1-3H3. The van der Waals surface area contributed by atoms with Crippen LogP contribution < -0.4 is 15.8 Å². The van der Waals surface area contributed by atoms with Gasteiger partial charge in [0.05, 0.1) is 18.5 Å². The normalized spacial score (nSPS) is 22.9. The van der Waals surface area contributed by atoms with Crippen LogP contribution in [0.2, 0.25) is 0 Å². The predicted molar refractivity (Wildman–Crippen MR) is 81.6 cm³/mol. The van der Waals surface area contributed by atoms with Gasteiger partial charge < -0.3 is 15.8 Å². The lowest BCUT2D eigenvalue weighted by Crippen LogP contribution is -2.35. The minimum atomic E-state index is -0.309. The van der Waals surface area contributed by atoms with Crippen LogP contribution in [-0.4, -0.2) is 13.2 Å². The molecule has 0 radical (unpaired) electrons. The van der Waals surface area contributed by atoms with Gasteiger partial charge in [0, 0.05) is 18.2 Å². The first-order chi connectivity index (χ1) is 9.52. The molecule has 3 N–H and O–H groups in total. The quantitative estimate of drug-likeness (QED) is 0.818. The number of nitrogens with one attached hydrogen (secondary N) is 1. The van der Waals surface area contributed by atoms with E-state index in [4.69, 9.17) is 10.5 Å². The van der Waals surface area contributed by atoms with Gasteiger partial charge in [0.25, 0.3) is 0 Å². The summed E-state index contributed by atoms with van der Waals surface area (Å²) in [7, 11) is 1.55. The van der Waals surface area contributed by atoms with Crippen LogP contribution in [-0.2, 0) is 0 Å². The highest BCUT2D eigenvalue weighted by Gasteiger charge is 2.28. The first-order valence-corrected chi connectivity index (χ1v) is 7.42. The van der Waals surface area contributed by atoms with Gasteiger partial charge in [-0.3, -0.25) is 0 Å². The topological polar surface area (TPSA) is 47.3 Å². The van der Waals surface area contributed by atoms with Crippen molar-refractivity contribution in [1.29, 1.82) is 0 Å². The number of hydrogen-bond acceptors (Lipinski definition) is 3. The summed E-state index contributed by atoms with van der Waals surface area (Å²) in [5.74, 6) is 1.40. The average molecular weight is 280 g/mol. The molecule has 1 aliphatic carbocycles. The fourth-order valence-corrected chi connectivity index (χ4v) is 3.19. The highest BCUT2D eigenvalue weighted by atomic mass is 19.1. The van der Waals surface area contributed by atoms with E-state index in [0.29, 0.717) is 35.0 Å². The summed E-state index contributed by atoms with van der Waals surface area (Å²) in [6, 6.07) is 3.32. The summed E-state index contributed by atoms with van der Waals surface area (Å²) < 4.78 is 19.2. The Morgan fingerprint density at radius 2 is 2.00 bits per heavy atom. The van der Waals surface area contributed by atoms with Crippen LogP contribution in [0.15, 0.2) is 12.1 Å². The van der Waals surface area contributed by atoms with Crippen LogP contribution in [0.5, 0.6) is 5.75 Å². The summed E-state index contributed by atoms with van der Waals surface area (Å²) in [5.41, 5.74) is 6.54. The largest absolute Gasteiger partial charge is 0.495 e. The zero-order valence-corrected chi connectivity index (χ0v) is 12.6. The maximum absolute atomic E-state index is 14.1. The van der Waals surface area contributed by atoms with Gasteiger partial charge in [-0.15, -0.1) is 0 Å². The first kappa shape index (κ1) is 14.9. The zero-order chi connectivity index (χ0) is 14.7. The number of halogens is 1. The highest BCUT2D eigenvalue weighted by molar-refractivity contribution is 5.62. The van der Waals surface area contributed by atoms with Crippen LogP contribution in [0.25, 0.3) is 0 Å². The molecule has 0 saturated heterocycles. The van der Waals surface area contributed by atoms with Gasteiger partial charge in [-0.25, -0.2) is 4.39 Å². The maximum Gasteiger partial charge on any atom is 0.148 e. The molecule has 1 aromatic rings. The second kappa shape index (κ2) is 6.33. The Labute approximate surface area is 120 Å². The molecule has 0 bridgehead atoms. The van der Waals surface area contributed by atoms with Crippen LogP contribution in [0.4, 0.5) is 15.8 Å². The number of nitrogen functional groups attached to an aromatic ring is 1. The molecular formula is C16H25FN2O. The summed E-state index contributed by atoms with van der Waals surface area (Å²) in [6.07, 6.45) is 4.78. The van der Waals surface area contributed by atoms with E-state index >= 15 is 0 Å². The Balaban J connectivity index is 2.19. The fraction of sp³-hybridized carbons (Fsp3) is 0.625. The first-order valence-electron chi connectivity index (χ1n) is 7.42.